The van der Waals surface area contributed by atoms with Gasteiger partial charge in [0.1, 0.15) is 0 Å². The molecule has 2 N–H and O–H groups in total. The Kier molecular flexibility index (Phi) is 4.97. The highest BCUT2D eigenvalue weighted by atomic mass is 16.4. The highest BCUT2D eigenvalue weighted by molar-refractivity contribution is 5.70. The minimum Gasteiger partial charge on any atom is -0.481 e. The molecule has 0 spiro atoms. The molecule has 0 aromatic heterocycles. The maximum atomic E-state index is 11.4. The summed E-state index contributed by atoms with van der Waals surface area (Å²) in [6.07, 6.45) is 5.09. The van der Waals surface area contributed by atoms with Crippen LogP contribution in [0.1, 0.15) is 50.6 Å². The number of carboxylic acid groups (broad SMARTS) is 1. The van der Waals surface area contributed by atoms with Crippen LogP contribution in [0.4, 0.5) is 0 Å². The zero-order valence-electron chi connectivity index (χ0n) is 11.5. The van der Waals surface area contributed by atoms with Crippen molar-refractivity contribution in [2.24, 2.45) is 5.92 Å². The Labute approximate surface area is 115 Å². The summed E-state index contributed by atoms with van der Waals surface area (Å²) in [6, 6.07) is 10.5. The number of benzene rings is 1. The SMILES string of the molecule is CC(NC1CCCCCC1C(=O)O)c1ccccc1. The molecular formula is C16H23NO2. The van der Waals surface area contributed by atoms with E-state index < -0.39 is 5.97 Å². The number of carbonyl (C=O) groups is 1. The first-order valence-corrected chi connectivity index (χ1v) is 7.22. The van der Waals surface area contributed by atoms with Gasteiger partial charge in [0.15, 0.2) is 0 Å². The Morgan fingerprint density at radius 1 is 1.21 bits per heavy atom. The van der Waals surface area contributed by atoms with Crippen LogP contribution in [0, 0.1) is 5.92 Å². The van der Waals surface area contributed by atoms with Gasteiger partial charge in [-0.1, -0.05) is 49.6 Å². The molecule has 0 saturated heterocycles. The van der Waals surface area contributed by atoms with Gasteiger partial charge in [-0.05, 0) is 25.3 Å². The molecular weight excluding hydrogens is 238 g/mol. The molecule has 1 saturated carbocycles. The minimum atomic E-state index is -0.653. The van der Waals surface area contributed by atoms with E-state index in [4.69, 9.17) is 0 Å². The number of hydrogen-bond donors (Lipinski definition) is 2. The van der Waals surface area contributed by atoms with Crippen LogP contribution in [0.2, 0.25) is 0 Å². The van der Waals surface area contributed by atoms with Crippen LogP contribution in [0.15, 0.2) is 30.3 Å². The molecule has 0 bridgehead atoms. The lowest BCUT2D eigenvalue weighted by molar-refractivity contribution is -0.143. The van der Waals surface area contributed by atoms with E-state index in [0.29, 0.717) is 0 Å². The molecule has 1 aromatic carbocycles. The number of nitrogens with one attached hydrogen (secondary N) is 1. The number of carboxylic acids is 1. The molecule has 0 amide bonds. The lowest BCUT2D eigenvalue weighted by Gasteiger charge is -2.27. The number of rotatable bonds is 4. The van der Waals surface area contributed by atoms with Gasteiger partial charge in [-0.25, -0.2) is 0 Å². The summed E-state index contributed by atoms with van der Waals surface area (Å²) in [5.41, 5.74) is 1.22. The molecule has 2 rings (SSSR count). The molecule has 19 heavy (non-hydrogen) atoms. The van der Waals surface area contributed by atoms with Gasteiger partial charge >= 0.3 is 5.97 Å². The van der Waals surface area contributed by atoms with E-state index in [1.165, 1.54) is 5.56 Å². The highest BCUT2D eigenvalue weighted by Crippen LogP contribution is 2.26. The normalized spacial score (nSPS) is 25.5. The van der Waals surface area contributed by atoms with Crippen LogP contribution in [-0.2, 0) is 4.79 Å². The maximum absolute atomic E-state index is 11.4. The van der Waals surface area contributed by atoms with Crippen molar-refractivity contribution in [2.45, 2.75) is 51.1 Å². The van der Waals surface area contributed by atoms with Crippen molar-refractivity contribution in [1.82, 2.24) is 5.32 Å². The van der Waals surface area contributed by atoms with Crippen LogP contribution in [-0.4, -0.2) is 17.1 Å². The van der Waals surface area contributed by atoms with Gasteiger partial charge in [0.25, 0.3) is 0 Å². The lowest BCUT2D eigenvalue weighted by Crippen LogP contribution is -2.40. The molecule has 1 fully saturated rings. The van der Waals surface area contributed by atoms with Gasteiger partial charge in [0, 0.05) is 12.1 Å². The Morgan fingerprint density at radius 2 is 1.89 bits per heavy atom. The highest BCUT2D eigenvalue weighted by Gasteiger charge is 2.30. The van der Waals surface area contributed by atoms with Crippen molar-refractivity contribution in [1.29, 1.82) is 0 Å². The predicted molar refractivity (Wildman–Crippen MR) is 76.0 cm³/mol. The smallest absolute Gasteiger partial charge is 0.308 e. The molecule has 0 radical (unpaired) electrons. The van der Waals surface area contributed by atoms with Crippen molar-refractivity contribution in [3.63, 3.8) is 0 Å². The molecule has 1 aliphatic rings. The van der Waals surface area contributed by atoms with Gasteiger partial charge in [0.2, 0.25) is 0 Å². The first-order chi connectivity index (χ1) is 9.18. The molecule has 3 unspecified atom stereocenters. The topological polar surface area (TPSA) is 49.3 Å². The van der Waals surface area contributed by atoms with Crippen LogP contribution in [0.5, 0.6) is 0 Å². The summed E-state index contributed by atoms with van der Waals surface area (Å²) in [7, 11) is 0. The van der Waals surface area contributed by atoms with E-state index in [1.54, 1.807) is 0 Å². The third-order valence-electron chi connectivity index (χ3n) is 4.10. The fraction of sp³-hybridized carbons (Fsp3) is 0.562. The van der Waals surface area contributed by atoms with E-state index >= 15 is 0 Å². The molecule has 3 atom stereocenters. The fourth-order valence-corrected chi connectivity index (χ4v) is 2.96. The average Bonchev–Trinajstić information content (AvgIpc) is 2.65. The minimum absolute atomic E-state index is 0.0928. The van der Waals surface area contributed by atoms with Crippen molar-refractivity contribution in [3.05, 3.63) is 35.9 Å². The molecule has 104 valence electrons. The van der Waals surface area contributed by atoms with Gasteiger partial charge in [-0.2, -0.15) is 0 Å². The standard InChI is InChI=1S/C16H23NO2/c1-12(13-8-4-2-5-9-13)17-15-11-7-3-6-10-14(15)16(18)19/h2,4-5,8-9,12,14-15,17H,3,6-7,10-11H2,1H3,(H,18,19). The second-order valence-electron chi connectivity index (χ2n) is 5.49. The largest absolute Gasteiger partial charge is 0.481 e. The van der Waals surface area contributed by atoms with Gasteiger partial charge in [-0.3, -0.25) is 4.79 Å². The van der Waals surface area contributed by atoms with Crippen LogP contribution in [0.3, 0.4) is 0 Å². The molecule has 0 aliphatic heterocycles. The van der Waals surface area contributed by atoms with E-state index in [0.717, 1.165) is 32.1 Å². The van der Waals surface area contributed by atoms with Gasteiger partial charge in [0.05, 0.1) is 5.92 Å². The summed E-state index contributed by atoms with van der Waals surface area (Å²) in [6.45, 7) is 2.11. The zero-order chi connectivity index (χ0) is 13.7. The van der Waals surface area contributed by atoms with E-state index in [-0.39, 0.29) is 18.0 Å². The van der Waals surface area contributed by atoms with Crippen LogP contribution in [0.25, 0.3) is 0 Å². The molecule has 0 heterocycles. The van der Waals surface area contributed by atoms with E-state index in [2.05, 4.69) is 24.4 Å². The summed E-state index contributed by atoms with van der Waals surface area (Å²) in [5, 5.41) is 12.9. The molecule has 3 nitrogen and oxygen atoms in total. The van der Waals surface area contributed by atoms with Gasteiger partial charge in [-0.15, -0.1) is 0 Å². The first kappa shape index (κ1) is 14.1. The summed E-state index contributed by atoms with van der Waals surface area (Å²) in [4.78, 5) is 11.4. The first-order valence-electron chi connectivity index (χ1n) is 7.22. The Bertz CT molecular complexity index is 404. The third kappa shape index (κ3) is 3.80. The fourth-order valence-electron chi connectivity index (χ4n) is 2.96. The summed E-state index contributed by atoms with van der Waals surface area (Å²) >= 11 is 0. The number of hydrogen-bond acceptors (Lipinski definition) is 2. The van der Waals surface area contributed by atoms with Crippen LogP contribution >= 0.6 is 0 Å². The quantitative estimate of drug-likeness (QED) is 0.817. The number of aliphatic carboxylic acids is 1. The zero-order valence-corrected chi connectivity index (χ0v) is 11.5. The predicted octanol–water partition coefficient (Wildman–Crippen LogP) is 3.37. The average molecular weight is 261 g/mol. The van der Waals surface area contributed by atoms with Gasteiger partial charge < -0.3 is 10.4 Å². The van der Waals surface area contributed by atoms with Crippen molar-refractivity contribution < 1.29 is 9.90 Å². The molecule has 1 aromatic rings. The van der Waals surface area contributed by atoms with Crippen molar-refractivity contribution in [2.75, 3.05) is 0 Å². The summed E-state index contributed by atoms with van der Waals surface area (Å²) < 4.78 is 0. The molecule has 3 heteroatoms. The van der Waals surface area contributed by atoms with Crippen molar-refractivity contribution in [3.8, 4) is 0 Å². The van der Waals surface area contributed by atoms with E-state index in [1.807, 2.05) is 18.2 Å². The van der Waals surface area contributed by atoms with Crippen molar-refractivity contribution >= 4 is 5.97 Å². The Balaban J connectivity index is 2.04. The second-order valence-corrected chi connectivity index (χ2v) is 5.49. The lowest BCUT2D eigenvalue weighted by atomic mass is 9.93. The van der Waals surface area contributed by atoms with Crippen LogP contribution < -0.4 is 5.32 Å². The Morgan fingerprint density at radius 3 is 2.58 bits per heavy atom. The Hall–Kier alpha value is -1.35. The summed E-state index contributed by atoms with van der Waals surface area (Å²) in [5.74, 6) is -0.895. The monoisotopic (exact) mass is 261 g/mol. The maximum Gasteiger partial charge on any atom is 0.308 e. The molecule has 1 aliphatic carbocycles. The second kappa shape index (κ2) is 6.71. The third-order valence-corrected chi connectivity index (χ3v) is 4.10. The van der Waals surface area contributed by atoms with E-state index in [9.17, 15) is 9.90 Å².